The van der Waals surface area contributed by atoms with Crippen LogP contribution in [0.2, 0.25) is 0 Å². The summed E-state index contributed by atoms with van der Waals surface area (Å²) in [7, 11) is 1.52. The number of benzene rings is 1. The van der Waals surface area contributed by atoms with Gasteiger partial charge in [0, 0.05) is 0 Å². The van der Waals surface area contributed by atoms with Gasteiger partial charge in [-0.1, -0.05) is 12.1 Å². The van der Waals surface area contributed by atoms with Crippen molar-refractivity contribution >= 4 is 5.95 Å². The summed E-state index contributed by atoms with van der Waals surface area (Å²) in [5, 5.41) is 0. The molecular formula is C13H15N3O2. The third-order valence-corrected chi connectivity index (χ3v) is 2.46. The molecule has 0 saturated carbocycles. The van der Waals surface area contributed by atoms with Crippen molar-refractivity contribution in [2.75, 3.05) is 12.8 Å². The van der Waals surface area contributed by atoms with E-state index in [9.17, 15) is 0 Å². The lowest BCUT2D eigenvalue weighted by Gasteiger charge is -2.09. The van der Waals surface area contributed by atoms with Crippen LogP contribution in [0.1, 0.15) is 11.1 Å². The fourth-order valence-corrected chi connectivity index (χ4v) is 1.51. The van der Waals surface area contributed by atoms with Gasteiger partial charge in [-0.2, -0.15) is 9.97 Å². The van der Waals surface area contributed by atoms with Crippen molar-refractivity contribution < 1.29 is 9.47 Å². The fraction of sp³-hybridized carbons (Fsp3) is 0.231. The minimum absolute atomic E-state index is 0.120. The number of nitrogens with two attached hydrogens (primary N) is 1. The number of methoxy groups -OCH3 is 1. The highest BCUT2D eigenvalue weighted by Gasteiger charge is 2.07. The second-order valence-corrected chi connectivity index (χ2v) is 3.98. The van der Waals surface area contributed by atoms with Crippen molar-refractivity contribution in [2.24, 2.45) is 0 Å². The maximum atomic E-state index is 5.70. The van der Waals surface area contributed by atoms with E-state index in [2.05, 4.69) is 9.97 Å². The van der Waals surface area contributed by atoms with Gasteiger partial charge in [-0.25, -0.2) is 0 Å². The third kappa shape index (κ3) is 2.68. The molecule has 0 aliphatic carbocycles. The van der Waals surface area contributed by atoms with E-state index >= 15 is 0 Å². The summed E-state index contributed by atoms with van der Waals surface area (Å²) in [5.74, 6) is 1.61. The molecule has 0 atom stereocenters. The quantitative estimate of drug-likeness (QED) is 0.899. The van der Waals surface area contributed by atoms with Crippen LogP contribution in [0.3, 0.4) is 0 Å². The number of aryl methyl sites for hydroxylation is 2. The molecular weight excluding hydrogens is 230 g/mol. The van der Waals surface area contributed by atoms with Gasteiger partial charge in [0.15, 0.2) is 0 Å². The van der Waals surface area contributed by atoms with E-state index in [1.54, 1.807) is 6.07 Å². The van der Waals surface area contributed by atoms with Crippen LogP contribution in [0.25, 0.3) is 0 Å². The highest BCUT2D eigenvalue weighted by Crippen LogP contribution is 2.26. The molecule has 0 fully saturated rings. The number of anilines is 1. The highest BCUT2D eigenvalue weighted by molar-refractivity contribution is 5.39. The van der Waals surface area contributed by atoms with Crippen LogP contribution in [0.15, 0.2) is 24.3 Å². The van der Waals surface area contributed by atoms with Crippen LogP contribution in [0.4, 0.5) is 5.95 Å². The molecule has 2 N–H and O–H groups in total. The summed E-state index contributed by atoms with van der Waals surface area (Å²) in [5.41, 5.74) is 7.71. The second-order valence-electron chi connectivity index (χ2n) is 3.98. The summed E-state index contributed by atoms with van der Waals surface area (Å²) < 4.78 is 10.7. The summed E-state index contributed by atoms with van der Waals surface area (Å²) >= 11 is 0. The minimum Gasteiger partial charge on any atom is -0.481 e. The Hall–Kier alpha value is -2.30. The van der Waals surface area contributed by atoms with E-state index in [1.807, 2.05) is 32.0 Å². The predicted molar refractivity (Wildman–Crippen MR) is 69.0 cm³/mol. The Kier molecular flexibility index (Phi) is 3.32. The van der Waals surface area contributed by atoms with Crippen molar-refractivity contribution in [3.05, 3.63) is 35.4 Å². The van der Waals surface area contributed by atoms with E-state index in [0.29, 0.717) is 11.8 Å². The van der Waals surface area contributed by atoms with Crippen molar-refractivity contribution in [3.8, 4) is 17.5 Å². The highest BCUT2D eigenvalue weighted by atomic mass is 16.5. The van der Waals surface area contributed by atoms with Crippen molar-refractivity contribution in [1.29, 1.82) is 0 Å². The number of ether oxygens (including phenoxy) is 2. The molecule has 2 aromatic rings. The molecule has 1 aromatic carbocycles. The molecule has 5 nitrogen and oxygen atoms in total. The molecule has 0 saturated heterocycles. The number of rotatable bonds is 3. The van der Waals surface area contributed by atoms with Gasteiger partial charge >= 0.3 is 0 Å². The van der Waals surface area contributed by atoms with Crippen molar-refractivity contribution in [3.63, 3.8) is 0 Å². The van der Waals surface area contributed by atoms with Gasteiger partial charge < -0.3 is 15.2 Å². The summed E-state index contributed by atoms with van der Waals surface area (Å²) in [4.78, 5) is 7.91. The summed E-state index contributed by atoms with van der Waals surface area (Å²) in [6.07, 6.45) is 0. The SMILES string of the molecule is COc1cc(Oc2cc(C)ccc2C)nc(N)n1. The molecule has 2 rings (SSSR count). The van der Waals surface area contributed by atoms with E-state index in [4.69, 9.17) is 15.2 Å². The van der Waals surface area contributed by atoms with Gasteiger partial charge in [-0.15, -0.1) is 0 Å². The summed E-state index contributed by atoms with van der Waals surface area (Å²) in [6.45, 7) is 3.97. The number of aromatic nitrogens is 2. The van der Waals surface area contributed by atoms with E-state index in [0.717, 1.165) is 16.9 Å². The molecule has 0 radical (unpaired) electrons. The van der Waals surface area contributed by atoms with Gasteiger partial charge in [0.2, 0.25) is 17.7 Å². The normalized spacial score (nSPS) is 10.2. The molecule has 0 aliphatic rings. The monoisotopic (exact) mass is 245 g/mol. The smallest absolute Gasteiger partial charge is 0.227 e. The number of nitrogens with zero attached hydrogens (tertiary/aromatic N) is 2. The lowest BCUT2D eigenvalue weighted by atomic mass is 10.1. The third-order valence-electron chi connectivity index (χ3n) is 2.46. The Morgan fingerprint density at radius 2 is 1.78 bits per heavy atom. The molecule has 5 heteroatoms. The molecule has 94 valence electrons. The first kappa shape index (κ1) is 12.2. The molecule has 0 amide bonds. The zero-order valence-corrected chi connectivity index (χ0v) is 10.6. The standard InChI is InChI=1S/C13H15N3O2/c1-8-4-5-9(2)10(6-8)18-12-7-11(17-3)15-13(14)16-12/h4-7H,1-3H3,(H2,14,15,16). The Balaban J connectivity index is 2.33. The Morgan fingerprint density at radius 1 is 1.06 bits per heavy atom. The van der Waals surface area contributed by atoms with Crippen molar-refractivity contribution in [1.82, 2.24) is 9.97 Å². The van der Waals surface area contributed by atoms with Crippen LogP contribution in [0, 0.1) is 13.8 Å². The molecule has 1 heterocycles. The minimum atomic E-state index is 0.120. The maximum absolute atomic E-state index is 5.70. The first-order valence-corrected chi connectivity index (χ1v) is 5.52. The zero-order chi connectivity index (χ0) is 13.1. The number of nitrogen functional groups attached to an aromatic ring is 1. The Labute approximate surface area is 106 Å². The predicted octanol–water partition coefficient (Wildman–Crippen LogP) is 2.48. The van der Waals surface area contributed by atoms with Crippen molar-refractivity contribution in [2.45, 2.75) is 13.8 Å². The first-order chi connectivity index (χ1) is 8.58. The lowest BCUT2D eigenvalue weighted by Crippen LogP contribution is -2.00. The van der Waals surface area contributed by atoms with Gasteiger partial charge in [-0.05, 0) is 31.0 Å². The second kappa shape index (κ2) is 4.91. The first-order valence-electron chi connectivity index (χ1n) is 5.52. The van der Waals surface area contributed by atoms with Gasteiger partial charge in [0.25, 0.3) is 0 Å². The molecule has 0 bridgehead atoms. The zero-order valence-electron chi connectivity index (χ0n) is 10.6. The lowest BCUT2D eigenvalue weighted by molar-refractivity contribution is 0.389. The molecule has 1 aromatic heterocycles. The van der Waals surface area contributed by atoms with E-state index in [1.165, 1.54) is 7.11 Å². The topological polar surface area (TPSA) is 70.3 Å². The van der Waals surface area contributed by atoms with Crippen LogP contribution < -0.4 is 15.2 Å². The molecule has 0 spiro atoms. The van der Waals surface area contributed by atoms with Gasteiger partial charge in [-0.3, -0.25) is 0 Å². The van der Waals surface area contributed by atoms with Gasteiger partial charge in [0.05, 0.1) is 13.2 Å². The maximum Gasteiger partial charge on any atom is 0.227 e. The fourth-order valence-electron chi connectivity index (χ4n) is 1.51. The van der Waals surface area contributed by atoms with E-state index in [-0.39, 0.29) is 5.95 Å². The molecule has 18 heavy (non-hydrogen) atoms. The van der Waals surface area contributed by atoms with Crippen LogP contribution in [0.5, 0.6) is 17.5 Å². The van der Waals surface area contributed by atoms with Crippen LogP contribution in [-0.4, -0.2) is 17.1 Å². The average molecular weight is 245 g/mol. The molecule has 0 unspecified atom stereocenters. The Bertz CT molecular complexity index is 570. The average Bonchev–Trinajstić information content (AvgIpc) is 2.33. The Morgan fingerprint density at radius 3 is 2.50 bits per heavy atom. The number of hydrogen-bond acceptors (Lipinski definition) is 5. The van der Waals surface area contributed by atoms with Crippen LogP contribution >= 0.6 is 0 Å². The van der Waals surface area contributed by atoms with Gasteiger partial charge in [0.1, 0.15) is 5.75 Å². The molecule has 0 aliphatic heterocycles. The van der Waals surface area contributed by atoms with E-state index < -0.39 is 0 Å². The number of hydrogen-bond donors (Lipinski definition) is 1. The summed E-state index contributed by atoms with van der Waals surface area (Å²) in [6, 6.07) is 7.56. The van der Waals surface area contributed by atoms with Crippen LogP contribution in [-0.2, 0) is 0 Å². The largest absolute Gasteiger partial charge is 0.481 e.